The topological polar surface area (TPSA) is 177 Å². The van der Waals surface area contributed by atoms with Gasteiger partial charge in [-0.1, -0.05) is 344 Å². The van der Waals surface area contributed by atoms with Crippen molar-refractivity contribution in [3.05, 3.63) is 345 Å². The number of hydrogen-bond acceptors (Lipinski definition) is 9. The minimum Gasteiger partial charge on any atom is -0.872 e. The molecule has 15 rings (SSSR count). The molecule has 0 atom stereocenters. The van der Waals surface area contributed by atoms with Gasteiger partial charge >= 0.3 is 34.7 Å². The maximum atomic E-state index is 12.6. The minimum atomic E-state index is -0.00352. The third-order valence-electron chi connectivity index (χ3n) is 15.0. The van der Waals surface area contributed by atoms with E-state index in [-0.39, 0.29) is 69.2 Å². The molecular weight excluding hydrogens is 1200 g/mol. The summed E-state index contributed by atoms with van der Waals surface area (Å²) in [6.45, 7) is 5.64. The van der Waals surface area contributed by atoms with Crippen LogP contribution in [0.5, 0.6) is 34.5 Å². The van der Waals surface area contributed by atoms with Crippen molar-refractivity contribution in [1.82, 2.24) is 15.0 Å². The Kier molecular flexibility index (Phi) is 25.2. The molecule has 3 aromatic heterocycles. The molecule has 0 radical (unpaired) electrons. The smallest absolute Gasteiger partial charge is 0.872 e. The Morgan fingerprint density at radius 2 is 0.368 bits per heavy atom. The molecule has 15 aromatic rings. The van der Waals surface area contributed by atoms with Crippen LogP contribution in [0, 0.1) is 20.8 Å². The standard InChI is InChI=1S/3C18H14O.3C10H9NO.2Al/c3*19-18-16(14-8-3-1-4-9-14)12-7-13-17(18)15-10-5-2-6-11-15;3*1-7-5-6-8-3-2-4-9(12)10(8)11-7;;/h3*1-13,19H;3*2-6,12H,1H3;;/q;;;;;;2*+3/p-6. The molecule has 0 spiro atoms. The van der Waals surface area contributed by atoms with E-state index in [9.17, 15) is 30.6 Å². The van der Waals surface area contributed by atoms with Crippen molar-refractivity contribution in [3.8, 4) is 101 Å². The second kappa shape index (κ2) is 34.4. The molecule has 0 aliphatic heterocycles. The van der Waals surface area contributed by atoms with E-state index < -0.39 is 0 Å². The Balaban J connectivity index is 0.000000147. The second-order valence-corrected chi connectivity index (χ2v) is 21.6. The fourth-order valence-electron chi connectivity index (χ4n) is 10.3. The van der Waals surface area contributed by atoms with Crippen LogP contribution >= 0.6 is 0 Å². The van der Waals surface area contributed by atoms with E-state index in [0.29, 0.717) is 16.6 Å². The summed E-state index contributed by atoms with van der Waals surface area (Å²) < 4.78 is 0. The molecule has 0 fully saturated rings. The van der Waals surface area contributed by atoms with E-state index in [1.165, 1.54) is 18.2 Å². The van der Waals surface area contributed by atoms with Gasteiger partial charge in [0, 0.05) is 17.1 Å². The second-order valence-electron chi connectivity index (χ2n) is 21.6. The number of benzene rings is 12. The Morgan fingerprint density at radius 3 is 0.558 bits per heavy atom. The molecule has 0 bridgehead atoms. The zero-order chi connectivity index (χ0) is 64.9. The van der Waals surface area contributed by atoms with Crippen LogP contribution in [0.15, 0.2) is 328 Å². The van der Waals surface area contributed by atoms with Crippen LogP contribution in [-0.2, 0) is 0 Å². The van der Waals surface area contributed by atoms with Gasteiger partial charge in [-0.3, -0.25) is 15.0 Å². The quantitative estimate of drug-likeness (QED) is 0.147. The Labute approximate surface area is 575 Å². The average Bonchev–Trinajstić information content (AvgIpc) is 1.30. The first-order valence-corrected chi connectivity index (χ1v) is 30.2. The molecule has 9 nitrogen and oxygen atoms in total. The van der Waals surface area contributed by atoms with Crippen LogP contribution in [-0.4, -0.2) is 49.7 Å². The molecule has 0 N–H and O–H groups in total. The summed E-state index contributed by atoms with van der Waals surface area (Å²) in [6, 6.07) is 103. The first-order valence-electron chi connectivity index (χ1n) is 30.2. The van der Waals surface area contributed by atoms with Crippen LogP contribution in [0.25, 0.3) is 99.5 Å². The average molecular weight is 1260 g/mol. The number of aromatic nitrogens is 3. The maximum absolute atomic E-state index is 12.6. The predicted octanol–water partition coefficient (Wildman–Crippen LogP) is 16.4. The first kappa shape index (κ1) is 69.6. The fraction of sp³-hybridized carbons (Fsp3) is 0.0357. The predicted molar refractivity (Wildman–Crippen MR) is 380 cm³/mol. The minimum absolute atomic E-state index is 0. The van der Waals surface area contributed by atoms with E-state index in [0.717, 1.165) is 100 Å². The van der Waals surface area contributed by atoms with Gasteiger partial charge in [-0.25, -0.2) is 0 Å². The maximum Gasteiger partial charge on any atom is 3.00 e. The first-order chi connectivity index (χ1) is 45.4. The van der Waals surface area contributed by atoms with Crippen molar-refractivity contribution in [3.63, 3.8) is 0 Å². The van der Waals surface area contributed by atoms with Crippen LogP contribution < -0.4 is 30.6 Å². The molecule has 0 saturated heterocycles. The molecule has 95 heavy (non-hydrogen) atoms. The number of rotatable bonds is 6. The molecular formula is C84H63Al2N3O6. The Morgan fingerprint density at radius 1 is 0.189 bits per heavy atom. The Bertz CT molecular complexity index is 4230. The van der Waals surface area contributed by atoms with Gasteiger partial charge < -0.3 is 30.6 Å². The number of pyridine rings is 3. The number of aryl methyl sites for hydroxylation is 3. The molecule has 0 aliphatic rings. The molecule has 0 unspecified atom stereocenters. The van der Waals surface area contributed by atoms with E-state index in [1.807, 2.05) is 312 Å². The van der Waals surface area contributed by atoms with Crippen molar-refractivity contribution in [2.45, 2.75) is 20.8 Å². The summed E-state index contributed by atoms with van der Waals surface area (Å²) in [7, 11) is 0. The molecule has 3 heterocycles. The molecule has 11 heteroatoms. The third-order valence-corrected chi connectivity index (χ3v) is 15.0. The van der Waals surface area contributed by atoms with Crippen molar-refractivity contribution in [2.24, 2.45) is 0 Å². The van der Waals surface area contributed by atoms with Gasteiger partial charge in [0.1, 0.15) is 0 Å². The summed E-state index contributed by atoms with van der Waals surface area (Å²) in [5.41, 5.74) is 14.6. The van der Waals surface area contributed by atoms with Gasteiger partial charge in [0.2, 0.25) is 0 Å². The third kappa shape index (κ3) is 18.3. The van der Waals surface area contributed by atoms with Crippen molar-refractivity contribution >= 4 is 67.4 Å². The van der Waals surface area contributed by atoms with E-state index in [2.05, 4.69) is 15.0 Å². The monoisotopic (exact) mass is 1260 g/mol. The number of fused-ring (bicyclic) bond motifs is 3. The van der Waals surface area contributed by atoms with Crippen LogP contribution in [0.1, 0.15) is 17.1 Å². The van der Waals surface area contributed by atoms with Crippen LogP contribution in [0.3, 0.4) is 0 Å². The Hall–Kier alpha value is -11.3. The van der Waals surface area contributed by atoms with Gasteiger partial charge in [0.05, 0.1) is 16.6 Å². The fourth-order valence-corrected chi connectivity index (χ4v) is 10.3. The zero-order valence-corrected chi connectivity index (χ0v) is 54.9. The number of hydrogen-bond donors (Lipinski definition) is 0. The summed E-state index contributed by atoms with van der Waals surface area (Å²) in [4.78, 5) is 12.5. The van der Waals surface area contributed by atoms with Gasteiger partial charge in [0.15, 0.2) is 0 Å². The summed E-state index contributed by atoms with van der Waals surface area (Å²) in [5, 5.41) is 74.2. The molecule has 0 aliphatic carbocycles. The summed E-state index contributed by atoms with van der Waals surface area (Å²) in [5.74, 6) is 0.239. The molecule has 12 aromatic carbocycles. The molecule has 0 amide bonds. The van der Waals surface area contributed by atoms with Gasteiger partial charge in [-0.2, -0.15) is 0 Å². The van der Waals surface area contributed by atoms with Gasteiger partial charge in [0.25, 0.3) is 0 Å². The molecule has 0 saturated carbocycles. The zero-order valence-electron chi connectivity index (χ0n) is 52.6. The number of para-hydroxylation sites is 6. The largest absolute Gasteiger partial charge is 3.00 e. The SMILES string of the molecule is Cc1ccc2cccc([O-])c2n1.Cc1ccc2cccc([O-])c2n1.Cc1ccc2cccc([O-])c2n1.[Al+3].[Al+3].[O-]c1c(-c2ccccc2)cccc1-c1ccccc1.[O-]c1c(-c2ccccc2)cccc1-c1ccccc1.[O-]c1c(-c2ccccc2)cccc1-c1ccccc1. The van der Waals surface area contributed by atoms with Crippen molar-refractivity contribution in [1.29, 1.82) is 0 Å². The summed E-state index contributed by atoms with van der Waals surface area (Å²) in [6.07, 6.45) is 0. The van der Waals surface area contributed by atoms with Crippen LogP contribution in [0.4, 0.5) is 0 Å². The molecule has 456 valence electrons. The van der Waals surface area contributed by atoms with Gasteiger partial charge in [-0.15, -0.1) is 0 Å². The van der Waals surface area contributed by atoms with Crippen molar-refractivity contribution in [2.75, 3.05) is 0 Å². The van der Waals surface area contributed by atoms with E-state index in [1.54, 1.807) is 18.2 Å². The van der Waals surface area contributed by atoms with E-state index in [4.69, 9.17) is 0 Å². The van der Waals surface area contributed by atoms with Crippen LogP contribution in [0.2, 0.25) is 0 Å². The van der Waals surface area contributed by atoms with Crippen molar-refractivity contribution < 1.29 is 30.6 Å². The van der Waals surface area contributed by atoms with Gasteiger partial charge in [-0.05, 0) is 122 Å². The number of nitrogens with zero attached hydrogens (tertiary/aromatic N) is 3. The van der Waals surface area contributed by atoms with E-state index >= 15 is 0 Å². The summed E-state index contributed by atoms with van der Waals surface area (Å²) >= 11 is 0. The normalized spacial score (nSPS) is 10.1.